The molecule has 0 radical (unpaired) electrons. The zero-order valence-electron chi connectivity index (χ0n) is 25.2. The summed E-state index contributed by atoms with van der Waals surface area (Å²) in [6, 6.07) is 30.9. The van der Waals surface area contributed by atoms with Crippen molar-refractivity contribution in [3.8, 4) is 16.9 Å². The van der Waals surface area contributed by atoms with Crippen LogP contribution in [-0.4, -0.2) is 21.6 Å². The van der Waals surface area contributed by atoms with Crippen LogP contribution in [-0.2, 0) is 23.9 Å². The Morgan fingerprint density at radius 1 is 0.913 bits per heavy atom. The molecule has 6 aromatic rings. The average molecular weight is 626 g/mol. The van der Waals surface area contributed by atoms with Gasteiger partial charge in [0.1, 0.15) is 5.82 Å². The number of nitrogens with zero attached hydrogens (tertiary/aromatic N) is 1. The van der Waals surface area contributed by atoms with Crippen molar-refractivity contribution in [2.24, 2.45) is 0 Å². The van der Waals surface area contributed by atoms with Crippen molar-refractivity contribution in [2.75, 3.05) is 5.32 Å². The number of para-hydroxylation sites is 1. The molecule has 0 bridgehead atoms. The first-order valence-corrected chi connectivity index (χ1v) is 14.8. The van der Waals surface area contributed by atoms with Gasteiger partial charge in [-0.05, 0) is 73.5 Å². The number of aromatic amines is 1. The lowest BCUT2D eigenvalue weighted by atomic mass is 10.1. The van der Waals surface area contributed by atoms with Gasteiger partial charge in [0.05, 0.1) is 29.5 Å². The molecule has 2 aromatic heterocycles. The lowest BCUT2D eigenvalue weighted by Gasteiger charge is -2.20. The van der Waals surface area contributed by atoms with Gasteiger partial charge in [0.2, 0.25) is 0 Å². The molecule has 0 fully saturated rings. The maximum atomic E-state index is 14.1. The summed E-state index contributed by atoms with van der Waals surface area (Å²) in [5.74, 6) is -1.49. The summed E-state index contributed by atoms with van der Waals surface area (Å²) in [6.45, 7) is 3.71. The highest BCUT2D eigenvalue weighted by Crippen LogP contribution is 2.37. The van der Waals surface area contributed by atoms with Crippen molar-refractivity contribution in [1.82, 2.24) is 9.55 Å². The highest BCUT2D eigenvalue weighted by molar-refractivity contribution is 6.05. The number of alkyl halides is 3. The smallest absolute Gasteiger partial charge is 0.373 e. The number of halogens is 4. The number of hydrogen-bond donors (Lipinski definition) is 2. The van der Waals surface area contributed by atoms with Crippen LogP contribution in [0.5, 0.6) is 0 Å². The first-order valence-electron chi connectivity index (χ1n) is 14.8. The van der Waals surface area contributed by atoms with Gasteiger partial charge in [-0.2, -0.15) is 13.2 Å². The van der Waals surface area contributed by atoms with E-state index in [0.717, 1.165) is 39.9 Å². The number of rotatable bonds is 9. The van der Waals surface area contributed by atoms with Crippen LogP contribution < -0.4 is 5.32 Å². The molecule has 5 nitrogen and oxygen atoms in total. The third kappa shape index (κ3) is 6.60. The van der Waals surface area contributed by atoms with E-state index >= 15 is 0 Å². The van der Waals surface area contributed by atoms with Gasteiger partial charge in [-0.25, -0.2) is 4.39 Å². The van der Waals surface area contributed by atoms with E-state index in [1.165, 1.54) is 4.57 Å². The Kier molecular flexibility index (Phi) is 8.51. The molecule has 1 atom stereocenters. The number of hydrogen-bond acceptors (Lipinski definition) is 2. The van der Waals surface area contributed by atoms with Crippen molar-refractivity contribution in [1.29, 1.82) is 0 Å². The second-order valence-electron chi connectivity index (χ2n) is 11.2. The number of fused-ring (bicyclic) bond motifs is 1. The Bertz CT molecular complexity index is 1960. The van der Waals surface area contributed by atoms with E-state index in [1.807, 2.05) is 79.7 Å². The number of amides is 1. The lowest BCUT2D eigenvalue weighted by Crippen LogP contribution is -2.17. The Hall–Kier alpha value is -5.15. The number of aromatic nitrogens is 2. The quantitative estimate of drug-likeness (QED) is 0.157. The van der Waals surface area contributed by atoms with Gasteiger partial charge in [-0.3, -0.25) is 4.79 Å². The first kappa shape index (κ1) is 30.9. The van der Waals surface area contributed by atoms with E-state index in [2.05, 4.69) is 10.3 Å². The lowest BCUT2D eigenvalue weighted by molar-refractivity contribution is -0.137. The predicted molar refractivity (Wildman–Crippen MR) is 172 cm³/mol. The van der Waals surface area contributed by atoms with Gasteiger partial charge in [-0.15, -0.1) is 0 Å². The minimum atomic E-state index is -4.82. The Morgan fingerprint density at radius 3 is 2.35 bits per heavy atom. The molecule has 4 aromatic carbocycles. The number of carbonyl (C=O) groups excluding carboxylic acids is 1. The number of benzene rings is 4. The molecule has 6 rings (SSSR count). The van der Waals surface area contributed by atoms with E-state index in [-0.39, 0.29) is 23.4 Å². The monoisotopic (exact) mass is 625 g/mol. The van der Waals surface area contributed by atoms with E-state index in [4.69, 9.17) is 4.74 Å². The van der Waals surface area contributed by atoms with Gasteiger partial charge in [0.25, 0.3) is 5.91 Å². The number of carbonyl (C=O) groups is 1. The van der Waals surface area contributed by atoms with Gasteiger partial charge in [-0.1, -0.05) is 60.7 Å². The SMILES string of the molecule is Cc1c(C(=O)Nc2ccc(-c3cc4ccccc4[nH]3)cc2)cc(C[C@H](C)OCc2ccccc2)n1-c1ccc(F)cc1C(F)(F)F. The summed E-state index contributed by atoms with van der Waals surface area (Å²) in [6.07, 6.45) is -5.03. The zero-order chi connectivity index (χ0) is 32.4. The standard InChI is InChI=1S/C37H31F4N3O2/c1-23(46-22-25-8-4-3-5-9-25)18-30-21-31(24(2)44(30)35-17-14-28(38)20-32(35)37(39,40)41)36(45)42-29-15-12-26(13-16-29)34-19-27-10-6-7-11-33(27)43-34/h3-17,19-21,23,43H,18,22H2,1-2H3,(H,42,45)/t23-/m0/s1. The molecule has 0 aliphatic heterocycles. The van der Waals surface area contributed by atoms with E-state index in [9.17, 15) is 22.4 Å². The summed E-state index contributed by atoms with van der Waals surface area (Å²) in [5, 5.41) is 3.96. The summed E-state index contributed by atoms with van der Waals surface area (Å²) >= 11 is 0. The second-order valence-corrected chi connectivity index (χ2v) is 11.2. The molecule has 2 N–H and O–H groups in total. The molecule has 0 spiro atoms. The highest BCUT2D eigenvalue weighted by Gasteiger charge is 2.36. The molecule has 1 amide bonds. The highest BCUT2D eigenvalue weighted by atomic mass is 19.4. The van der Waals surface area contributed by atoms with Gasteiger partial charge in [0.15, 0.2) is 0 Å². The third-order valence-corrected chi connectivity index (χ3v) is 7.93. The molecule has 9 heteroatoms. The maximum Gasteiger partial charge on any atom is 0.418 e. The fourth-order valence-electron chi connectivity index (χ4n) is 5.64. The maximum absolute atomic E-state index is 14.1. The van der Waals surface area contributed by atoms with Gasteiger partial charge >= 0.3 is 6.18 Å². The summed E-state index contributed by atoms with van der Waals surface area (Å²) in [7, 11) is 0. The third-order valence-electron chi connectivity index (χ3n) is 7.93. The van der Waals surface area contributed by atoms with Crippen LogP contribution in [0.3, 0.4) is 0 Å². The minimum absolute atomic E-state index is 0.197. The van der Waals surface area contributed by atoms with E-state index < -0.39 is 29.6 Å². The number of anilines is 1. The Balaban J connectivity index is 1.29. The first-order chi connectivity index (χ1) is 22.1. The van der Waals surface area contributed by atoms with E-state index in [0.29, 0.717) is 24.1 Å². The van der Waals surface area contributed by atoms with Gasteiger partial charge in [0, 0.05) is 40.1 Å². The molecule has 46 heavy (non-hydrogen) atoms. The summed E-state index contributed by atoms with van der Waals surface area (Å²) in [4.78, 5) is 17.0. The predicted octanol–water partition coefficient (Wildman–Crippen LogP) is 9.49. The van der Waals surface area contributed by atoms with Crippen LogP contribution in [0, 0.1) is 12.7 Å². The topological polar surface area (TPSA) is 59.1 Å². The zero-order valence-corrected chi connectivity index (χ0v) is 25.2. The number of nitrogens with one attached hydrogen (secondary N) is 2. The molecule has 0 aliphatic carbocycles. The van der Waals surface area contributed by atoms with Crippen molar-refractivity contribution >= 4 is 22.5 Å². The average Bonchev–Trinajstić information content (AvgIpc) is 3.61. The van der Waals surface area contributed by atoms with Gasteiger partial charge < -0.3 is 19.6 Å². The molecule has 0 unspecified atom stereocenters. The molecule has 0 saturated carbocycles. The van der Waals surface area contributed by atoms with E-state index in [1.54, 1.807) is 25.1 Å². The molecule has 0 saturated heterocycles. The van der Waals surface area contributed by atoms with Crippen LogP contribution in [0.1, 0.15) is 39.8 Å². The van der Waals surface area contributed by atoms with Crippen molar-refractivity contribution in [3.05, 3.63) is 143 Å². The Labute approximate surface area is 263 Å². The second kappa shape index (κ2) is 12.7. The van der Waals surface area contributed by atoms with Crippen molar-refractivity contribution < 1.29 is 27.1 Å². The molecular weight excluding hydrogens is 594 g/mol. The molecular formula is C37H31F4N3O2. The van der Waals surface area contributed by atoms with Crippen LogP contribution >= 0.6 is 0 Å². The fraction of sp³-hybridized carbons (Fsp3) is 0.162. The molecule has 2 heterocycles. The fourth-order valence-corrected chi connectivity index (χ4v) is 5.64. The van der Waals surface area contributed by atoms with Crippen LogP contribution in [0.4, 0.5) is 23.2 Å². The summed E-state index contributed by atoms with van der Waals surface area (Å²) in [5.41, 5.74) is 3.86. The number of H-pyrrole nitrogens is 1. The largest absolute Gasteiger partial charge is 0.418 e. The van der Waals surface area contributed by atoms with Crippen molar-refractivity contribution in [3.63, 3.8) is 0 Å². The van der Waals surface area contributed by atoms with Crippen molar-refractivity contribution in [2.45, 2.75) is 39.2 Å². The van der Waals surface area contributed by atoms with Crippen LogP contribution in [0.2, 0.25) is 0 Å². The Morgan fingerprint density at radius 2 is 1.63 bits per heavy atom. The minimum Gasteiger partial charge on any atom is -0.373 e. The molecule has 0 aliphatic rings. The summed E-state index contributed by atoms with van der Waals surface area (Å²) < 4.78 is 63.8. The molecule has 234 valence electrons. The normalized spacial score (nSPS) is 12.4. The van der Waals surface area contributed by atoms with Crippen LogP contribution in [0.15, 0.2) is 109 Å². The van der Waals surface area contributed by atoms with Crippen LogP contribution in [0.25, 0.3) is 27.8 Å². The number of ether oxygens (including phenoxy) is 1.